The predicted molar refractivity (Wildman–Crippen MR) is 74.4 cm³/mol. The Balaban J connectivity index is 2.26. The van der Waals surface area contributed by atoms with Crippen LogP contribution in [0.2, 0.25) is 0 Å². The van der Waals surface area contributed by atoms with Crippen molar-refractivity contribution >= 4 is 28.2 Å². The maximum absolute atomic E-state index is 11.5. The van der Waals surface area contributed by atoms with Crippen LogP contribution in [-0.2, 0) is 0 Å². The van der Waals surface area contributed by atoms with Gasteiger partial charge in [-0.15, -0.1) is 0 Å². The van der Waals surface area contributed by atoms with Gasteiger partial charge in [-0.05, 0) is 12.8 Å². The van der Waals surface area contributed by atoms with Gasteiger partial charge in [-0.3, -0.25) is 4.79 Å². The average molecular weight is 282 g/mol. The highest BCUT2D eigenvalue weighted by atomic mass is 32.1. The number of rotatable bonds is 4. The number of ketones is 1. The lowest BCUT2D eigenvalue weighted by Gasteiger charge is -2.30. The summed E-state index contributed by atoms with van der Waals surface area (Å²) in [5.74, 6) is -1.37. The molecule has 1 fully saturated rings. The van der Waals surface area contributed by atoms with Crippen molar-refractivity contribution in [2.75, 3.05) is 11.9 Å². The van der Waals surface area contributed by atoms with E-state index in [1.807, 2.05) is 11.9 Å². The minimum absolute atomic E-state index is 0.116. The molecular weight excluding hydrogens is 264 g/mol. The molecule has 0 spiro atoms. The lowest BCUT2D eigenvalue weighted by molar-refractivity contribution is 0.0687. The Morgan fingerprint density at radius 1 is 1.32 bits per heavy atom. The van der Waals surface area contributed by atoms with E-state index in [0.717, 1.165) is 12.8 Å². The third kappa shape index (κ3) is 2.94. The third-order valence-electron chi connectivity index (χ3n) is 3.56. The normalized spacial score (nSPS) is 16.3. The van der Waals surface area contributed by atoms with E-state index in [2.05, 4.69) is 4.98 Å². The van der Waals surface area contributed by atoms with Crippen LogP contribution in [-0.4, -0.2) is 34.9 Å². The number of carbonyl (C=O) groups is 2. The Kier molecular flexibility index (Phi) is 4.19. The van der Waals surface area contributed by atoms with Crippen molar-refractivity contribution in [3.05, 3.63) is 10.6 Å². The zero-order valence-electron chi connectivity index (χ0n) is 11.2. The fourth-order valence-electron chi connectivity index (χ4n) is 2.47. The summed E-state index contributed by atoms with van der Waals surface area (Å²) < 4.78 is 0. The van der Waals surface area contributed by atoms with Gasteiger partial charge in [0.25, 0.3) is 0 Å². The van der Waals surface area contributed by atoms with Gasteiger partial charge in [0.05, 0.1) is 0 Å². The molecule has 104 valence electrons. The van der Waals surface area contributed by atoms with Crippen molar-refractivity contribution in [2.45, 2.75) is 45.1 Å². The van der Waals surface area contributed by atoms with Crippen LogP contribution < -0.4 is 4.90 Å². The molecule has 0 atom stereocenters. The third-order valence-corrected chi connectivity index (χ3v) is 4.81. The number of hydrogen-bond acceptors (Lipinski definition) is 5. The summed E-state index contributed by atoms with van der Waals surface area (Å²) >= 11 is 1.18. The van der Waals surface area contributed by atoms with Gasteiger partial charge >= 0.3 is 5.97 Å². The van der Waals surface area contributed by atoms with Gasteiger partial charge in [0.15, 0.2) is 16.6 Å². The Morgan fingerprint density at radius 2 is 1.95 bits per heavy atom. The summed E-state index contributed by atoms with van der Waals surface area (Å²) in [6.07, 6.45) is 5.88. The molecular formula is C13H18N2O3S. The van der Waals surface area contributed by atoms with Crippen LogP contribution in [0, 0.1) is 0 Å². The van der Waals surface area contributed by atoms with Gasteiger partial charge in [-0.25, -0.2) is 9.78 Å². The summed E-state index contributed by atoms with van der Waals surface area (Å²) in [7, 11) is 1.93. The molecule has 0 radical (unpaired) electrons. The predicted octanol–water partition coefficient (Wildman–Crippen LogP) is 2.81. The first-order valence-corrected chi connectivity index (χ1v) is 7.30. The molecule has 1 aliphatic rings. The van der Waals surface area contributed by atoms with Crippen molar-refractivity contribution in [1.82, 2.24) is 4.98 Å². The molecule has 1 heterocycles. The maximum Gasteiger partial charge on any atom is 0.356 e. The van der Waals surface area contributed by atoms with Gasteiger partial charge in [0.2, 0.25) is 0 Å². The highest BCUT2D eigenvalue weighted by Crippen LogP contribution is 2.31. The summed E-state index contributed by atoms with van der Waals surface area (Å²) in [6.45, 7) is 1.38. The van der Waals surface area contributed by atoms with E-state index in [0.29, 0.717) is 11.2 Å². The van der Waals surface area contributed by atoms with Crippen molar-refractivity contribution in [3.63, 3.8) is 0 Å². The summed E-state index contributed by atoms with van der Waals surface area (Å²) in [6, 6.07) is 0.404. The molecule has 0 unspecified atom stereocenters. The maximum atomic E-state index is 11.5. The molecule has 1 N–H and O–H groups in total. The first kappa shape index (κ1) is 14.0. The number of carboxylic acid groups (broad SMARTS) is 1. The fourth-order valence-corrected chi connectivity index (χ4v) is 3.45. The van der Waals surface area contributed by atoms with E-state index in [-0.39, 0.29) is 16.4 Å². The number of anilines is 1. The Labute approximate surface area is 116 Å². The number of thiazole rings is 1. The van der Waals surface area contributed by atoms with E-state index in [1.54, 1.807) is 0 Å². The molecule has 0 saturated heterocycles. The summed E-state index contributed by atoms with van der Waals surface area (Å²) in [5, 5.41) is 9.73. The van der Waals surface area contributed by atoms with Gasteiger partial charge in [-0.1, -0.05) is 30.6 Å². The van der Waals surface area contributed by atoms with Gasteiger partial charge in [0.1, 0.15) is 4.88 Å². The van der Waals surface area contributed by atoms with Crippen LogP contribution in [0.1, 0.15) is 59.2 Å². The van der Waals surface area contributed by atoms with Crippen LogP contribution in [0.5, 0.6) is 0 Å². The molecule has 0 aromatic carbocycles. The second-order valence-corrected chi connectivity index (χ2v) is 5.92. The van der Waals surface area contributed by atoms with Crippen LogP contribution in [0.25, 0.3) is 0 Å². The number of aromatic carboxylic acids is 1. The standard InChI is InChI=1S/C13H18N2O3S/c1-8(16)11-10(12(17)18)14-13(19-11)15(2)9-6-4-3-5-7-9/h9H,3-7H2,1-2H3,(H,17,18). The number of carbonyl (C=O) groups excluding carboxylic acids is 1. The number of nitrogens with zero attached hydrogens (tertiary/aromatic N) is 2. The molecule has 1 saturated carbocycles. The van der Waals surface area contributed by atoms with Crippen molar-refractivity contribution < 1.29 is 14.7 Å². The first-order chi connectivity index (χ1) is 9.00. The second-order valence-electron chi connectivity index (χ2n) is 4.94. The Morgan fingerprint density at radius 3 is 2.42 bits per heavy atom. The first-order valence-electron chi connectivity index (χ1n) is 6.48. The minimum atomic E-state index is -1.13. The van der Waals surface area contributed by atoms with E-state index in [4.69, 9.17) is 5.11 Å². The van der Waals surface area contributed by atoms with E-state index in [9.17, 15) is 9.59 Å². The largest absolute Gasteiger partial charge is 0.476 e. The van der Waals surface area contributed by atoms with Gasteiger partial charge in [0, 0.05) is 20.0 Å². The lowest BCUT2D eigenvalue weighted by atomic mass is 9.95. The molecule has 19 heavy (non-hydrogen) atoms. The number of Topliss-reactive ketones (excluding diaryl/α,β-unsaturated/α-hetero) is 1. The molecule has 5 nitrogen and oxygen atoms in total. The van der Waals surface area contributed by atoms with Crippen LogP contribution in [0.3, 0.4) is 0 Å². The molecule has 0 bridgehead atoms. The van der Waals surface area contributed by atoms with Crippen LogP contribution >= 0.6 is 11.3 Å². The van der Waals surface area contributed by atoms with E-state index in [1.165, 1.54) is 37.5 Å². The van der Waals surface area contributed by atoms with Crippen LogP contribution in [0.4, 0.5) is 5.13 Å². The average Bonchev–Trinajstić information content (AvgIpc) is 2.84. The van der Waals surface area contributed by atoms with E-state index >= 15 is 0 Å². The number of carboxylic acids is 1. The van der Waals surface area contributed by atoms with Crippen molar-refractivity contribution in [3.8, 4) is 0 Å². The SMILES string of the molecule is CC(=O)c1sc(N(C)C2CCCCC2)nc1C(=O)O. The second kappa shape index (κ2) is 5.69. The Bertz CT molecular complexity index is 461. The quantitative estimate of drug-likeness (QED) is 0.860. The topological polar surface area (TPSA) is 70.5 Å². The molecule has 1 aliphatic carbocycles. The van der Waals surface area contributed by atoms with E-state index < -0.39 is 5.97 Å². The number of aromatic nitrogens is 1. The van der Waals surface area contributed by atoms with Crippen LogP contribution in [0.15, 0.2) is 0 Å². The Hall–Kier alpha value is -1.43. The lowest BCUT2D eigenvalue weighted by Crippen LogP contribution is -2.33. The summed E-state index contributed by atoms with van der Waals surface area (Å²) in [5.41, 5.74) is -0.116. The smallest absolute Gasteiger partial charge is 0.356 e. The molecule has 2 rings (SSSR count). The minimum Gasteiger partial charge on any atom is -0.476 e. The fraction of sp³-hybridized carbons (Fsp3) is 0.615. The molecule has 1 aromatic heterocycles. The zero-order chi connectivity index (χ0) is 14.0. The van der Waals surface area contributed by atoms with Crippen molar-refractivity contribution in [2.24, 2.45) is 0 Å². The molecule has 0 aliphatic heterocycles. The molecule has 6 heteroatoms. The van der Waals surface area contributed by atoms with Crippen molar-refractivity contribution in [1.29, 1.82) is 0 Å². The van der Waals surface area contributed by atoms with Gasteiger partial charge in [-0.2, -0.15) is 0 Å². The monoisotopic (exact) mass is 282 g/mol. The summed E-state index contributed by atoms with van der Waals surface area (Å²) in [4.78, 5) is 29.0. The molecule has 1 aromatic rings. The highest BCUT2D eigenvalue weighted by Gasteiger charge is 2.25. The number of hydrogen-bond donors (Lipinski definition) is 1. The molecule has 0 amide bonds. The zero-order valence-corrected chi connectivity index (χ0v) is 12.0. The van der Waals surface area contributed by atoms with Gasteiger partial charge < -0.3 is 10.0 Å². The highest BCUT2D eigenvalue weighted by molar-refractivity contribution is 7.17.